The molecule has 0 atom stereocenters. The third-order valence-electron chi connectivity index (χ3n) is 5.04. The topological polar surface area (TPSA) is 82.8 Å². The van der Waals surface area contributed by atoms with Crippen molar-refractivity contribution in [3.05, 3.63) is 53.4 Å². The summed E-state index contributed by atoms with van der Waals surface area (Å²) >= 11 is 0. The largest absolute Gasteiger partial charge is 0.359 e. The number of aromatic nitrogens is 1. The third-order valence-corrected chi connectivity index (χ3v) is 5.04. The molecule has 31 heavy (non-hydrogen) atoms. The van der Waals surface area contributed by atoms with Crippen LogP contribution >= 0.6 is 24.0 Å². The molecule has 2 N–H and O–H groups in total. The lowest BCUT2D eigenvalue weighted by atomic mass is 9.99. The summed E-state index contributed by atoms with van der Waals surface area (Å²) in [6.45, 7) is 8.60. The third kappa shape index (κ3) is 9.28. The van der Waals surface area contributed by atoms with Crippen molar-refractivity contribution in [1.29, 1.82) is 0 Å². The Labute approximate surface area is 203 Å². The predicted octanol–water partition coefficient (Wildman–Crippen LogP) is 4.30. The Balaban J connectivity index is 0.00000480. The average Bonchev–Trinajstić information content (AvgIpc) is 3.22. The maximum absolute atomic E-state index is 12.4. The van der Waals surface area contributed by atoms with Gasteiger partial charge in [-0.2, -0.15) is 0 Å². The zero-order valence-electron chi connectivity index (χ0n) is 19.1. The van der Waals surface area contributed by atoms with Crippen LogP contribution in [0.2, 0.25) is 0 Å². The van der Waals surface area contributed by atoms with Crippen LogP contribution in [-0.4, -0.2) is 42.1 Å². The summed E-state index contributed by atoms with van der Waals surface area (Å²) in [7, 11) is 1.83. The van der Waals surface area contributed by atoms with Crippen LogP contribution in [0.5, 0.6) is 0 Å². The number of guanidine groups is 1. The fourth-order valence-corrected chi connectivity index (χ4v) is 3.23. The zero-order valence-corrected chi connectivity index (χ0v) is 21.4. The van der Waals surface area contributed by atoms with E-state index in [2.05, 4.69) is 34.6 Å². The number of amides is 1. The Kier molecular flexibility index (Phi) is 12.9. The van der Waals surface area contributed by atoms with Crippen LogP contribution < -0.4 is 10.6 Å². The summed E-state index contributed by atoms with van der Waals surface area (Å²) in [5.41, 5.74) is 2.12. The lowest BCUT2D eigenvalue weighted by molar-refractivity contribution is -0.130. The Hall–Kier alpha value is -2.10. The molecule has 0 fully saturated rings. The van der Waals surface area contributed by atoms with Gasteiger partial charge >= 0.3 is 0 Å². The molecule has 1 aromatic heterocycles. The van der Waals surface area contributed by atoms with Crippen LogP contribution in [0.25, 0.3) is 0 Å². The van der Waals surface area contributed by atoms with E-state index in [1.807, 2.05) is 50.4 Å². The predicted molar refractivity (Wildman–Crippen MR) is 136 cm³/mol. The van der Waals surface area contributed by atoms with Crippen LogP contribution in [0.15, 0.2) is 45.9 Å². The van der Waals surface area contributed by atoms with E-state index in [1.165, 1.54) is 0 Å². The Morgan fingerprint density at radius 1 is 1.16 bits per heavy atom. The van der Waals surface area contributed by atoms with Gasteiger partial charge in [0.05, 0.1) is 5.69 Å². The SMILES string of the molecule is CCNC(=NCc1cc(C(CC)CC)no1)NCCC(=O)N(C)Cc1ccccc1.I. The molecule has 1 aromatic carbocycles. The molecule has 7 nitrogen and oxygen atoms in total. The summed E-state index contributed by atoms with van der Waals surface area (Å²) in [5.74, 6) is 1.92. The highest BCUT2D eigenvalue weighted by atomic mass is 127. The Morgan fingerprint density at radius 2 is 1.87 bits per heavy atom. The molecule has 0 spiro atoms. The number of nitrogens with one attached hydrogen (secondary N) is 2. The molecule has 0 bridgehead atoms. The summed E-state index contributed by atoms with van der Waals surface area (Å²) in [6, 6.07) is 12.0. The second-order valence-corrected chi connectivity index (χ2v) is 7.34. The summed E-state index contributed by atoms with van der Waals surface area (Å²) in [6.07, 6.45) is 2.49. The van der Waals surface area contributed by atoms with Crippen LogP contribution in [0.4, 0.5) is 0 Å². The first-order valence-corrected chi connectivity index (χ1v) is 10.8. The van der Waals surface area contributed by atoms with Crippen molar-refractivity contribution < 1.29 is 9.32 Å². The number of carbonyl (C=O) groups is 1. The molecule has 0 saturated carbocycles. The van der Waals surface area contributed by atoms with E-state index in [-0.39, 0.29) is 29.9 Å². The maximum atomic E-state index is 12.4. The fraction of sp³-hybridized carbons (Fsp3) is 0.522. The van der Waals surface area contributed by atoms with Gasteiger partial charge < -0.3 is 20.1 Å². The van der Waals surface area contributed by atoms with E-state index in [9.17, 15) is 4.79 Å². The van der Waals surface area contributed by atoms with Crippen LogP contribution in [0.3, 0.4) is 0 Å². The molecular weight excluding hydrogens is 505 g/mol. The molecule has 0 aliphatic carbocycles. The maximum Gasteiger partial charge on any atom is 0.224 e. The lowest BCUT2D eigenvalue weighted by Crippen LogP contribution is -2.39. The number of hydrogen-bond donors (Lipinski definition) is 2. The minimum Gasteiger partial charge on any atom is -0.359 e. The molecule has 8 heteroatoms. The first-order valence-electron chi connectivity index (χ1n) is 10.8. The molecule has 0 aliphatic heterocycles. The standard InChI is InChI=1S/C23H35N5O2.HI/c1-5-19(6-2)21-15-20(30-27-21)16-26-23(24-7-3)25-14-13-22(29)28(4)17-18-11-9-8-10-12-18;/h8-12,15,19H,5-7,13-14,16-17H2,1-4H3,(H2,24,25,26);1H. The van der Waals surface area contributed by atoms with Crippen molar-refractivity contribution in [3.8, 4) is 0 Å². The van der Waals surface area contributed by atoms with Crippen molar-refractivity contribution in [2.24, 2.45) is 4.99 Å². The minimum atomic E-state index is 0. The van der Waals surface area contributed by atoms with Gasteiger partial charge in [-0.1, -0.05) is 49.3 Å². The molecule has 0 aliphatic rings. The summed E-state index contributed by atoms with van der Waals surface area (Å²) in [5, 5.41) is 10.6. The van der Waals surface area contributed by atoms with Crippen LogP contribution in [0, 0.1) is 0 Å². The lowest BCUT2D eigenvalue weighted by Gasteiger charge is -2.18. The second kappa shape index (κ2) is 14.8. The number of rotatable bonds is 11. The van der Waals surface area contributed by atoms with Gasteiger partial charge in [0, 0.05) is 45.1 Å². The van der Waals surface area contributed by atoms with Crippen molar-refractivity contribution in [2.45, 2.75) is 59.0 Å². The van der Waals surface area contributed by atoms with Gasteiger partial charge in [0.25, 0.3) is 0 Å². The van der Waals surface area contributed by atoms with E-state index in [0.29, 0.717) is 37.9 Å². The first kappa shape index (κ1) is 26.9. The molecule has 172 valence electrons. The number of aliphatic imine (C=N–C) groups is 1. The molecule has 2 aromatic rings. The number of hydrogen-bond acceptors (Lipinski definition) is 4. The Morgan fingerprint density at radius 3 is 2.52 bits per heavy atom. The average molecular weight is 541 g/mol. The highest BCUT2D eigenvalue weighted by Gasteiger charge is 2.13. The minimum absolute atomic E-state index is 0. The highest BCUT2D eigenvalue weighted by Crippen LogP contribution is 2.22. The van der Waals surface area contributed by atoms with Crippen molar-refractivity contribution >= 4 is 35.8 Å². The van der Waals surface area contributed by atoms with Gasteiger partial charge in [-0.15, -0.1) is 24.0 Å². The van der Waals surface area contributed by atoms with Gasteiger partial charge in [-0.3, -0.25) is 4.79 Å². The molecule has 1 heterocycles. The molecular formula is C23H36IN5O2. The van der Waals surface area contributed by atoms with Gasteiger partial charge in [-0.25, -0.2) is 4.99 Å². The van der Waals surface area contributed by atoms with E-state index in [1.54, 1.807) is 4.90 Å². The number of carbonyl (C=O) groups excluding carboxylic acids is 1. The molecule has 1 amide bonds. The first-order chi connectivity index (χ1) is 14.6. The van der Waals surface area contributed by atoms with Crippen LogP contribution in [-0.2, 0) is 17.9 Å². The zero-order chi connectivity index (χ0) is 21.8. The number of benzene rings is 1. The fourth-order valence-electron chi connectivity index (χ4n) is 3.23. The Bertz CT molecular complexity index is 790. The highest BCUT2D eigenvalue weighted by molar-refractivity contribution is 14.0. The van der Waals surface area contributed by atoms with Crippen molar-refractivity contribution in [1.82, 2.24) is 20.7 Å². The smallest absolute Gasteiger partial charge is 0.224 e. The van der Waals surface area contributed by atoms with Crippen LogP contribution in [0.1, 0.15) is 63.0 Å². The van der Waals surface area contributed by atoms with Gasteiger partial charge in [-0.05, 0) is 25.3 Å². The monoisotopic (exact) mass is 541 g/mol. The number of halogens is 1. The molecule has 2 rings (SSSR count). The van der Waals surface area contributed by atoms with Gasteiger partial charge in [0.1, 0.15) is 6.54 Å². The summed E-state index contributed by atoms with van der Waals surface area (Å²) in [4.78, 5) is 18.7. The van der Waals surface area contributed by atoms with E-state index in [4.69, 9.17) is 4.52 Å². The van der Waals surface area contributed by atoms with E-state index >= 15 is 0 Å². The van der Waals surface area contributed by atoms with Gasteiger partial charge in [0.15, 0.2) is 11.7 Å². The molecule has 0 unspecified atom stereocenters. The van der Waals surface area contributed by atoms with Gasteiger partial charge in [0.2, 0.25) is 5.91 Å². The quantitative estimate of drug-likeness (QED) is 0.252. The normalized spacial score (nSPS) is 11.2. The van der Waals surface area contributed by atoms with Crippen molar-refractivity contribution in [3.63, 3.8) is 0 Å². The second-order valence-electron chi connectivity index (χ2n) is 7.34. The summed E-state index contributed by atoms with van der Waals surface area (Å²) < 4.78 is 5.44. The van der Waals surface area contributed by atoms with Crippen molar-refractivity contribution in [2.75, 3.05) is 20.1 Å². The molecule has 0 radical (unpaired) electrons. The number of nitrogens with zero attached hydrogens (tertiary/aromatic N) is 3. The van der Waals surface area contributed by atoms with E-state index in [0.717, 1.165) is 36.4 Å². The molecule has 0 saturated heterocycles. The van der Waals surface area contributed by atoms with E-state index < -0.39 is 0 Å².